The molecule has 0 fully saturated rings. The van der Waals surface area contributed by atoms with Gasteiger partial charge in [0.25, 0.3) is 5.91 Å². The topological polar surface area (TPSA) is 71.1 Å². The first-order valence-electron chi connectivity index (χ1n) is 5.85. The number of pyridine rings is 1. The first-order valence-corrected chi connectivity index (χ1v) is 6.23. The largest absolute Gasteiger partial charge is 0.326 e. The highest BCUT2D eigenvalue weighted by atomic mass is 35.5. The van der Waals surface area contributed by atoms with E-state index in [1.807, 2.05) is 0 Å². The number of anilines is 2. The summed E-state index contributed by atoms with van der Waals surface area (Å²) in [6.07, 6.45) is 1.46. The van der Waals surface area contributed by atoms with Gasteiger partial charge < -0.3 is 10.6 Å². The van der Waals surface area contributed by atoms with Gasteiger partial charge in [0.2, 0.25) is 5.91 Å². The maximum Gasteiger partial charge on any atom is 0.274 e. The second-order valence-electron chi connectivity index (χ2n) is 4.08. The number of hydrogen-bond acceptors (Lipinski definition) is 3. The van der Waals surface area contributed by atoms with E-state index in [9.17, 15) is 9.59 Å². The van der Waals surface area contributed by atoms with Gasteiger partial charge >= 0.3 is 0 Å². The van der Waals surface area contributed by atoms with Crippen LogP contribution in [-0.2, 0) is 4.79 Å². The summed E-state index contributed by atoms with van der Waals surface area (Å²) in [5.41, 5.74) is 1.39. The number of amides is 2. The molecule has 5 nitrogen and oxygen atoms in total. The predicted molar refractivity (Wildman–Crippen MR) is 77.9 cm³/mol. The predicted octanol–water partition coefficient (Wildman–Crippen LogP) is 2.95. The first-order chi connectivity index (χ1) is 9.54. The van der Waals surface area contributed by atoms with Crippen molar-refractivity contribution in [1.29, 1.82) is 0 Å². The first kappa shape index (κ1) is 14.0. The van der Waals surface area contributed by atoms with Crippen molar-refractivity contribution in [2.75, 3.05) is 10.6 Å². The van der Waals surface area contributed by atoms with E-state index in [4.69, 9.17) is 11.6 Å². The average Bonchev–Trinajstić information content (AvgIpc) is 2.38. The van der Waals surface area contributed by atoms with E-state index in [-0.39, 0.29) is 17.5 Å². The fourth-order valence-electron chi connectivity index (χ4n) is 1.60. The molecule has 0 saturated heterocycles. The molecule has 0 aliphatic rings. The van der Waals surface area contributed by atoms with Crippen LogP contribution >= 0.6 is 11.6 Å². The summed E-state index contributed by atoms with van der Waals surface area (Å²) >= 11 is 5.81. The second-order valence-corrected chi connectivity index (χ2v) is 4.51. The van der Waals surface area contributed by atoms with Crippen molar-refractivity contribution in [3.8, 4) is 0 Å². The summed E-state index contributed by atoms with van der Waals surface area (Å²) in [5.74, 6) is -0.544. The van der Waals surface area contributed by atoms with Crippen LogP contribution < -0.4 is 10.6 Å². The maximum atomic E-state index is 12.0. The van der Waals surface area contributed by atoms with E-state index in [0.717, 1.165) is 0 Å². The van der Waals surface area contributed by atoms with Crippen LogP contribution in [0.3, 0.4) is 0 Å². The van der Waals surface area contributed by atoms with Crippen LogP contribution in [0.5, 0.6) is 0 Å². The van der Waals surface area contributed by atoms with Gasteiger partial charge in [-0.3, -0.25) is 14.6 Å². The van der Waals surface area contributed by atoms with Crippen LogP contribution in [0, 0.1) is 0 Å². The Morgan fingerprint density at radius 1 is 1.10 bits per heavy atom. The molecule has 6 heteroatoms. The quantitative estimate of drug-likeness (QED) is 0.912. The smallest absolute Gasteiger partial charge is 0.274 e. The van der Waals surface area contributed by atoms with E-state index in [2.05, 4.69) is 15.6 Å². The van der Waals surface area contributed by atoms with Crippen LogP contribution in [0.4, 0.5) is 11.4 Å². The third-order valence-corrected chi connectivity index (χ3v) is 2.63. The maximum absolute atomic E-state index is 12.0. The zero-order valence-electron chi connectivity index (χ0n) is 10.7. The molecule has 0 saturated carbocycles. The molecule has 20 heavy (non-hydrogen) atoms. The van der Waals surface area contributed by atoms with E-state index in [1.165, 1.54) is 19.2 Å². The molecule has 102 valence electrons. The number of carbonyl (C=O) groups excluding carboxylic acids is 2. The standard InChI is InChI=1S/C14H12ClN3O2/c1-9(19)17-11-3-2-4-12(8-11)18-14(20)13-7-10(15)5-6-16-13/h2-8H,1H3,(H,17,19)(H,18,20). The molecular formula is C14H12ClN3O2. The van der Waals surface area contributed by atoms with Gasteiger partial charge in [-0.05, 0) is 30.3 Å². The number of hydrogen-bond donors (Lipinski definition) is 2. The summed E-state index contributed by atoms with van der Waals surface area (Å²) in [7, 11) is 0. The molecular weight excluding hydrogens is 278 g/mol. The zero-order valence-corrected chi connectivity index (χ0v) is 11.4. The molecule has 1 aromatic carbocycles. The minimum atomic E-state index is -0.368. The third-order valence-electron chi connectivity index (χ3n) is 2.40. The van der Waals surface area contributed by atoms with Gasteiger partial charge in [0.15, 0.2) is 0 Å². The third kappa shape index (κ3) is 3.80. The lowest BCUT2D eigenvalue weighted by Gasteiger charge is -2.07. The number of benzene rings is 1. The Balaban J connectivity index is 2.13. The van der Waals surface area contributed by atoms with Crippen LogP contribution in [0.15, 0.2) is 42.6 Å². The lowest BCUT2D eigenvalue weighted by atomic mass is 10.2. The summed E-state index contributed by atoms with van der Waals surface area (Å²) < 4.78 is 0. The molecule has 2 N–H and O–H groups in total. The van der Waals surface area contributed by atoms with Crippen molar-refractivity contribution in [3.05, 3.63) is 53.3 Å². The van der Waals surface area contributed by atoms with Crippen LogP contribution in [0.1, 0.15) is 17.4 Å². The number of rotatable bonds is 3. The molecule has 0 atom stereocenters. The molecule has 2 aromatic rings. The molecule has 1 heterocycles. The van der Waals surface area contributed by atoms with Gasteiger partial charge in [-0.1, -0.05) is 17.7 Å². The van der Waals surface area contributed by atoms with Crippen LogP contribution in [-0.4, -0.2) is 16.8 Å². The monoisotopic (exact) mass is 289 g/mol. The Morgan fingerprint density at radius 3 is 2.45 bits per heavy atom. The van der Waals surface area contributed by atoms with Gasteiger partial charge in [0.05, 0.1) is 0 Å². The molecule has 0 unspecified atom stereocenters. The molecule has 0 spiro atoms. The second kappa shape index (κ2) is 6.16. The highest BCUT2D eigenvalue weighted by Crippen LogP contribution is 2.16. The summed E-state index contributed by atoms with van der Waals surface area (Å²) in [5, 5.41) is 5.77. The number of carbonyl (C=O) groups is 2. The highest BCUT2D eigenvalue weighted by molar-refractivity contribution is 6.30. The SMILES string of the molecule is CC(=O)Nc1cccc(NC(=O)c2cc(Cl)ccn2)c1. The van der Waals surface area contributed by atoms with E-state index >= 15 is 0 Å². The average molecular weight is 290 g/mol. The van der Waals surface area contributed by atoms with Crippen molar-refractivity contribution in [3.63, 3.8) is 0 Å². The van der Waals surface area contributed by atoms with Crippen molar-refractivity contribution < 1.29 is 9.59 Å². The summed E-state index contributed by atoms with van der Waals surface area (Å²) in [6, 6.07) is 9.91. The Kier molecular flexibility index (Phi) is 4.32. The number of nitrogens with zero attached hydrogens (tertiary/aromatic N) is 1. The van der Waals surface area contributed by atoms with E-state index < -0.39 is 0 Å². The van der Waals surface area contributed by atoms with E-state index in [0.29, 0.717) is 16.4 Å². The van der Waals surface area contributed by atoms with Gasteiger partial charge in [0.1, 0.15) is 5.69 Å². The van der Waals surface area contributed by atoms with Crippen molar-refractivity contribution in [2.24, 2.45) is 0 Å². The molecule has 0 bridgehead atoms. The lowest BCUT2D eigenvalue weighted by molar-refractivity contribution is -0.114. The minimum absolute atomic E-state index is 0.176. The summed E-state index contributed by atoms with van der Waals surface area (Å²) in [6.45, 7) is 1.42. The number of nitrogens with one attached hydrogen (secondary N) is 2. The van der Waals surface area contributed by atoms with Crippen molar-refractivity contribution >= 4 is 34.8 Å². The molecule has 0 aliphatic carbocycles. The molecule has 1 aromatic heterocycles. The normalized spacial score (nSPS) is 9.90. The van der Waals surface area contributed by atoms with Crippen molar-refractivity contribution in [2.45, 2.75) is 6.92 Å². The Bertz CT molecular complexity index is 658. The van der Waals surface area contributed by atoms with Gasteiger partial charge in [0, 0.05) is 29.5 Å². The Hall–Kier alpha value is -2.40. The van der Waals surface area contributed by atoms with Crippen LogP contribution in [0.2, 0.25) is 5.02 Å². The van der Waals surface area contributed by atoms with Gasteiger partial charge in [-0.15, -0.1) is 0 Å². The highest BCUT2D eigenvalue weighted by Gasteiger charge is 2.08. The fourth-order valence-corrected chi connectivity index (χ4v) is 1.76. The molecule has 0 aliphatic heterocycles. The van der Waals surface area contributed by atoms with Crippen LogP contribution in [0.25, 0.3) is 0 Å². The molecule has 0 radical (unpaired) electrons. The zero-order chi connectivity index (χ0) is 14.5. The molecule has 2 amide bonds. The Morgan fingerprint density at radius 2 is 1.80 bits per heavy atom. The minimum Gasteiger partial charge on any atom is -0.326 e. The summed E-state index contributed by atoms with van der Waals surface area (Å²) in [4.78, 5) is 26.9. The number of halogens is 1. The number of aromatic nitrogens is 1. The van der Waals surface area contributed by atoms with Gasteiger partial charge in [-0.25, -0.2) is 0 Å². The fraction of sp³-hybridized carbons (Fsp3) is 0.0714. The van der Waals surface area contributed by atoms with Crippen molar-refractivity contribution in [1.82, 2.24) is 4.98 Å². The molecule has 2 rings (SSSR count). The van der Waals surface area contributed by atoms with Gasteiger partial charge in [-0.2, -0.15) is 0 Å². The lowest BCUT2D eigenvalue weighted by Crippen LogP contribution is -2.14. The Labute approximate surface area is 121 Å². The van der Waals surface area contributed by atoms with E-state index in [1.54, 1.807) is 30.3 Å².